The Morgan fingerprint density at radius 3 is 2.80 bits per heavy atom. The number of carbonyl (C=O) groups excluding carboxylic acids is 2. The van der Waals surface area contributed by atoms with E-state index in [4.69, 9.17) is 10.5 Å². The molecule has 0 bridgehead atoms. The number of alkyl halides is 2. The molecule has 1 atom stereocenters. The van der Waals surface area contributed by atoms with Crippen LogP contribution in [0.25, 0.3) is 0 Å². The van der Waals surface area contributed by atoms with Crippen LogP contribution in [0.5, 0.6) is 0 Å². The molecule has 2 rings (SSSR count). The Hall–Kier alpha value is -2.10. The van der Waals surface area contributed by atoms with Crippen molar-refractivity contribution >= 4 is 23.2 Å². The lowest BCUT2D eigenvalue weighted by atomic mass is 10.1. The number of benzene rings is 1. The summed E-state index contributed by atoms with van der Waals surface area (Å²) in [4.78, 5) is 25.4. The Morgan fingerprint density at radius 1 is 1.44 bits per heavy atom. The van der Waals surface area contributed by atoms with E-state index in [1.54, 1.807) is 0 Å². The largest absolute Gasteiger partial charge is 0.370 e. The molecule has 0 spiro atoms. The standard InChI is InChI=1S/C16H22F2N4O3/c1-2-20-13(8-19)16(24)21-12-4-3-10(7-11(12)15(17)18)22-5-6-25-9-14(22)23/h3-4,7,13,15,20H,2,5-6,8-9,19H2,1H3,(H,21,24)/t13-/m1/s1. The number of rotatable bonds is 7. The van der Waals surface area contributed by atoms with Gasteiger partial charge in [-0.25, -0.2) is 8.78 Å². The highest BCUT2D eigenvalue weighted by Crippen LogP contribution is 2.31. The number of hydrogen-bond donors (Lipinski definition) is 3. The molecule has 1 aliphatic heterocycles. The predicted octanol–water partition coefficient (Wildman–Crippen LogP) is 0.863. The van der Waals surface area contributed by atoms with Gasteiger partial charge in [0.05, 0.1) is 12.6 Å². The summed E-state index contributed by atoms with van der Waals surface area (Å²) in [5.41, 5.74) is 5.52. The van der Waals surface area contributed by atoms with Crippen molar-refractivity contribution in [1.29, 1.82) is 0 Å². The minimum absolute atomic E-state index is 0.000751. The molecule has 1 aromatic carbocycles. The molecule has 2 amide bonds. The summed E-state index contributed by atoms with van der Waals surface area (Å²) >= 11 is 0. The molecule has 0 unspecified atom stereocenters. The van der Waals surface area contributed by atoms with Gasteiger partial charge in [0.25, 0.3) is 12.3 Å². The number of morpholine rings is 1. The van der Waals surface area contributed by atoms with Crippen LogP contribution in [0.2, 0.25) is 0 Å². The van der Waals surface area contributed by atoms with Crippen molar-refractivity contribution in [1.82, 2.24) is 5.32 Å². The zero-order valence-electron chi connectivity index (χ0n) is 13.9. The van der Waals surface area contributed by atoms with E-state index in [1.807, 2.05) is 6.92 Å². The highest BCUT2D eigenvalue weighted by molar-refractivity contribution is 5.97. The lowest BCUT2D eigenvalue weighted by Crippen LogP contribution is -2.45. The minimum atomic E-state index is -2.80. The summed E-state index contributed by atoms with van der Waals surface area (Å²) in [5.74, 6) is -0.778. The Kier molecular flexibility index (Phi) is 6.80. The van der Waals surface area contributed by atoms with Gasteiger partial charge in [0.1, 0.15) is 6.61 Å². The zero-order chi connectivity index (χ0) is 18.4. The van der Waals surface area contributed by atoms with Gasteiger partial charge < -0.3 is 26.0 Å². The van der Waals surface area contributed by atoms with Crippen molar-refractivity contribution < 1.29 is 23.1 Å². The normalized spacial score (nSPS) is 16.2. The van der Waals surface area contributed by atoms with Gasteiger partial charge in [0.2, 0.25) is 5.91 Å². The molecule has 9 heteroatoms. The average molecular weight is 356 g/mol. The second kappa shape index (κ2) is 8.84. The molecular formula is C16H22F2N4O3. The summed E-state index contributed by atoms with van der Waals surface area (Å²) in [6.07, 6.45) is -2.80. The highest BCUT2D eigenvalue weighted by Gasteiger charge is 2.24. The van der Waals surface area contributed by atoms with Crippen LogP contribution in [-0.4, -0.2) is 50.7 Å². The average Bonchev–Trinajstić information content (AvgIpc) is 2.60. The van der Waals surface area contributed by atoms with Gasteiger partial charge in [-0.15, -0.1) is 0 Å². The van der Waals surface area contributed by atoms with E-state index in [0.29, 0.717) is 25.4 Å². The number of ether oxygens (including phenoxy) is 1. The first-order valence-corrected chi connectivity index (χ1v) is 8.02. The van der Waals surface area contributed by atoms with Crippen LogP contribution >= 0.6 is 0 Å². The lowest BCUT2D eigenvalue weighted by molar-refractivity contribution is -0.125. The highest BCUT2D eigenvalue weighted by atomic mass is 19.3. The fraction of sp³-hybridized carbons (Fsp3) is 0.500. The number of likely N-dealkylation sites (N-methyl/N-ethyl adjacent to an activating group) is 1. The number of carbonyl (C=O) groups is 2. The Morgan fingerprint density at radius 2 is 2.20 bits per heavy atom. The third-order valence-electron chi connectivity index (χ3n) is 3.83. The molecular weight excluding hydrogens is 334 g/mol. The summed E-state index contributed by atoms with van der Waals surface area (Å²) < 4.78 is 31.9. The molecule has 138 valence electrons. The van der Waals surface area contributed by atoms with Crippen molar-refractivity contribution in [2.75, 3.05) is 43.1 Å². The number of hydrogen-bond acceptors (Lipinski definition) is 5. The quantitative estimate of drug-likeness (QED) is 0.673. The zero-order valence-corrected chi connectivity index (χ0v) is 13.9. The topological polar surface area (TPSA) is 96.7 Å². The molecule has 4 N–H and O–H groups in total. The molecule has 1 saturated heterocycles. The second-order valence-corrected chi connectivity index (χ2v) is 5.51. The van der Waals surface area contributed by atoms with Gasteiger partial charge in [-0.3, -0.25) is 9.59 Å². The number of amides is 2. The fourth-order valence-corrected chi connectivity index (χ4v) is 2.55. The smallest absolute Gasteiger partial charge is 0.265 e. The van der Waals surface area contributed by atoms with Crippen LogP contribution in [0.4, 0.5) is 20.2 Å². The molecule has 0 aliphatic carbocycles. The maximum Gasteiger partial charge on any atom is 0.265 e. The maximum absolute atomic E-state index is 13.4. The van der Waals surface area contributed by atoms with E-state index in [-0.39, 0.29) is 30.3 Å². The first kappa shape index (κ1) is 19.2. The van der Waals surface area contributed by atoms with E-state index in [0.717, 1.165) is 0 Å². The Bertz CT molecular complexity index is 627. The van der Waals surface area contributed by atoms with Crippen LogP contribution in [0.3, 0.4) is 0 Å². The van der Waals surface area contributed by atoms with E-state index < -0.39 is 18.4 Å². The lowest BCUT2D eigenvalue weighted by Gasteiger charge is -2.27. The first-order chi connectivity index (χ1) is 12.0. The van der Waals surface area contributed by atoms with Gasteiger partial charge in [-0.1, -0.05) is 6.92 Å². The number of nitrogens with two attached hydrogens (primary N) is 1. The van der Waals surface area contributed by atoms with Crippen molar-refractivity contribution in [3.8, 4) is 0 Å². The van der Waals surface area contributed by atoms with Crippen molar-refractivity contribution in [3.05, 3.63) is 23.8 Å². The predicted molar refractivity (Wildman–Crippen MR) is 89.7 cm³/mol. The van der Waals surface area contributed by atoms with Gasteiger partial charge in [-0.05, 0) is 24.7 Å². The van der Waals surface area contributed by atoms with Gasteiger partial charge in [0, 0.05) is 30.0 Å². The third kappa shape index (κ3) is 4.71. The van der Waals surface area contributed by atoms with E-state index in [2.05, 4.69) is 10.6 Å². The third-order valence-corrected chi connectivity index (χ3v) is 3.83. The Labute approximate surface area is 144 Å². The maximum atomic E-state index is 13.4. The van der Waals surface area contributed by atoms with Crippen LogP contribution in [0.1, 0.15) is 18.9 Å². The van der Waals surface area contributed by atoms with Crippen LogP contribution in [0, 0.1) is 0 Å². The summed E-state index contributed by atoms with van der Waals surface area (Å²) in [5, 5.41) is 5.36. The van der Waals surface area contributed by atoms with E-state index >= 15 is 0 Å². The molecule has 1 heterocycles. The fourth-order valence-electron chi connectivity index (χ4n) is 2.55. The summed E-state index contributed by atoms with van der Waals surface area (Å²) in [6.45, 7) is 2.94. The number of nitrogens with one attached hydrogen (secondary N) is 2. The van der Waals surface area contributed by atoms with Crippen molar-refractivity contribution in [2.45, 2.75) is 19.4 Å². The molecule has 0 saturated carbocycles. The molecule has 7 nitrogen and oxygen atoms in total. The number of anilines is 2. The van der Waals surface area contributed by atoms with Crippen molar-refractivity contribution in [3.63, 3.8) is 0 Å². The molecule has 1 fully saturated rings. The molecule has 0 radical (unpaired) electrons. The first-order valence-electron chi connectivity index (χ1n) is 8.02. The molecule has 25 heavy (non-hydrogen) atoms. The van der Waals surface area contributed by atoms with E-state index in [1.165, 1.54) is 23.1 Å². The van der Waals surface area contributed by atoms with Gasteiger partial charge in [0.15, 0.2) is 0 Å². The van der Waals surface area contributed by atoms with Crippen LogP contribution < -0.4 is 21.3 Å². The van der Waals surface area contributed by atoms with Gasteiger partial charge >= 0.3 is 0 Å². The summed E-state index contributed by atoms with van der Waals surface area (Å²) in [7, 11) is 0. The second-order valence-electron chi connectivity index (χ2n) is 5.51. The summed E-state index contributed by atoms with van der Waals surface area (Å²) in [6, 6.07) is 3.44. The number of halogens is 2. The van der Waals surface area contributed by atoms with Crippen LogP contribution in [-0.2, 0) is 14.3 Å². The SMILES string of the molecule is CCN[C@H](CN)C(=O)Nc1ccc(N2CCOCC2=O)cc1C(F)F. The van der Waals surface area contributed by atoms with E-state index in [9.17, 15) is 18.4 Å². The molecule has 1 aliphatic rings. The van der Waals surface area contributed by atoms with Crippen molar-refractivity contribution in [2.24, 2.45) is 5.73 Å². The Balaban J connectivity index is 2.24. The molecule has 1 aromatic rings. The number of nitrogens with zero attached hydrogens (tertiary/aromatic N) is 1. The minimum Gasteiger partial charge on any atom is -0.370 e. The molecule has 0 aromatic heterocycles. The van der Waals surface area contributed by atoms with Gasteiger partial charge in [-0.2, -0.15) is 0 Å². The monoisotopic (exact) mass is 356 g/mol. The van der Waals surface area contributed by atoms with Crippen LogP contribution in [0.15, 0.2) is 18.2 Å².